The molecule has 0 aromatic heterocycles. The summed E-state index contributed by atoms with van der Waals surface area (Å²) >= 11 is 0. The fraction of sp³-hybridized carbons (Fsp3) is 0.467. The molecule has 1 aromatic carbocycles. The molecule has 2 rings (SSSR count). The number of hydrogen-bond donors (Lipinski definition) is 1. The number of benzene rings is 1. The second-order valence-corrected chi connectivity index (χ2v) is 5.43. The van der Waals surface area contributed by atoms with Gasteiger partial charge in [-0.05, 0) is 25.8 Å². The van der Waals surface area contributed by atoms with Crippen molar-refractivity contribution < 1.29 is 9.59 Å². The van der Waals surface area contributed by atoms with Crippen LogP contribution in [0.1, 0.15) is 38.8 Å². The van der Waals surface area contributed by atoms with E-state index in [-0.39, 0.29) is 11.8 Å². The van der Waals surface area contributed by atoms with Crippen molar-refractivity contribution >= 4 is 11.8 Å². The van der Waals surface area contributed by atoms with E-state index in [0.29, 0.717) is 6.54 Å². The summed E-state index contributed by atoms with van der Waals surface area (Å²) in [4.78, 5) is 26.5. The van der Waals surface area contributed by atoms with Crippen molar-refractivity contribution in [3.63, 3.8) is 0 Å². The zero-order chi connectivity index (χ0) is 14.0. The Labute approximate surface area is 113 Å². The monoisotopic (exact) mass is 260 g/mol. The van der Waals surface area contributed by atoms with Gasteiger partial charge >= 0.3 is 0 Å². The Morgan fingerprint density at radius 3 is 2.42 bits per heavy atom. The summed E-state index contributed by atoms with van der Waals surface area (Å²) in [5.41, 5.74) is 0.0367. The highest BCUT2D eigenvalue weighted by molar-refractivity contribution is 5.99. The Bertz CT molecular complexity index is 482. The summed E-state index contributed by atoms with van der Waals surface area (Å²) < 4.78 is 0. The third-order valence-corrected chi connectivity index (χ3v) is 3.37. The first-order valence-electron chi connectivity index (χ1n) is 6.65. The smallest absolute Gasteiger partial charge is 0.248 e. The van der Waals surface area contributed by atoms with Crippen LogP contribution in [0.3, 0.4) is 0 Å². The molecule has 1 aromatic rings. The van der Waals surface area contributed by atoms with Crippen LogP contribution in [0.4, 0.5) is 0 Å². The number of piperazine rings is 1. The second-order valence-electron chi connectivity index (χ2n) is 5.43. The molecule has 0 spiro atoms. The number of amides is 2. The molecule has 0 radical (unpaired) electrons. The van der Waals surface area contributed by atoms with E-state index in [1.165, 1.54) is 0 Å². The van der Waals surface area contributed by atoms with E-state index >= 15 is 0 Å². The zero-order valence-corrected chi connectivity index (χ0v) is 11.6. The normalized spacial score (nSPS) is 22.3. The molecule has 1 unspecified atom stereocenters. The highest BCUT2D eigenvalue weighted by atomic mass is 16.2. The van der Waals surface area contributed by atoms with Crippen LogP contribution in [-0.4, -0.2) is 28.8 Å². The molecule has 1 aliphatic rings. The summed E-state index contributed by atoms with van der Waals surface area (Å²) in [5.74, 6) is -0.132. The van der Waals surface area contributed by atoms with Crippen molar-refractivity contribution in [3.8, 4) is 0 Å². The van der Waals surface area contributed by atoms with Crippen molar-refractivity contribution in [2.24, 2.45) is 0 Å². The molecule has 2 amide bonds. The van der Waals surface area contributed by atoms with E-state index in [1.54, 1.807) is 18.7 Å². The van der Waals surface area contributed by atoms with Gasteiger partial charge in [-0.25, -0.2) is 0 Å². The van der Waals surface area contributed by atoms with Crippen molar-refractivity contribution in [3.05, 3.63) is 35.9 Å². The molecule has 1 N–H and O–H groups in total. The summed E-state index contributed by atoms with van der Waals surface area (Å²) in [7, 11) is 0. The van der Waals surface area contributed by atoms with Gasteiger partial charge in [-0.1, -0.05) is 37.3 Å². The molecule has 4 nitrogen and oxygen atoms in total. The molecule has 1 heterocycles. The quantitative estimate of drug-likeness (QED) is 0.902. The molecule has 1 atom stereocenters. The van der Waals surface area contributed by atoms with Crippen molar-refractivity contribution in [2.75, 3.05) is 6.54 Å². The van der Waals surface area contributed by atoms with Gasteiger partial charge in [0.1, 0.15) is 11.6 Å². The van der Waals surface area contributed by atoms with E-state index in [2.05, 4.69) is 5.32 Å². The van der Waals surface area contributed by atoms with Crippen LogP contribution >= 0.6 is 0 Å². The van der Waals surface area contributed by atoms with E-state index in [4.69, 9.17) is 0 Å². The van der Waals surface area contributed by atoms with Gasteiger partial charge in [-0.15, -0.1) is 0 Å². The van der Waals surface area contributed by atoms with E-state index in [1.807, 2.05) is 37.3 Å². The van der Waals surface area contributed by atoms with Crippen molar-refractivity contribution in [1.82, 2.24) is 10.2 Å². The minimum Gasteiger partial charge on any atom is -0.340 e. The van der Waals surface area contributed by atoms with Crippen LogP contribution in [0.5, 0.6) is 0 Å². The van der Waals surface area contributed by atoms with E-state index in [0.717, 1.165) is 12.0 Å². The molecule has 4 heteroatoms. The maximum absolute atomic E-state index is 12.5. The van der Waals surface area contributed by atoms with Crippen molar-refractivity contribution in [1.29, 1.82) is 0 Å². The fourth-order valence-corrected chi connectivity index (χ4v) is 2.49. The van der Waals surface area contributed by atoms with Crippen LogP contribution in [-0.2, 0) is 9.59 Å². The zero-order valence-electron chi connectivity index (χ0n) is 11.6. The molecular formula is C15H20N2O2. The van der Waals surface area contributed by atoms with Gasteiger partial charge in [0.05, 0.1) is 0 Å². The van der Waals surface area contributed by atoms with Gasteiger partial charge in [0.2, 0.25) is 11.8 Å². The highest BCUT2D eigenvalue weighted by Crippen LogP contribution is 2.28. The molecule has 0 bridgehead atoms. The number of carbonyl (C=O) groups excluding carboxylic acids is 2. The van der Waals surface area contributed by atoms with Gasteiger partial charge < -0.3 is 10.2 Å². The molecule has 102 valence electrons. The highest BCUT2D eigenvalue weighted by Gasteiger charge is 2.45. The van der Waals surface area contributed by atoms with Gasteiger partial charge in [0.25, 0.3) is 0 Å². The summed E-state index contributed by atoms with van der Waals surface area (Å²) in [6, 6.07) is 8.94. The van der Waals surface area contributed by atoms with Crippen molar-refractivity contribution in [2.45, 2.75) is 38.8 Å². The molecular weight excluding hydrogens is 240 g/mol. The number of rotatable bonds is 3. The number of hydrogen-bond acceptors (Lipinski definition) is 2. The minimum atomic E-state index is -0.822. The molecule has 1 saturated heterocycles. The lowest BCUT2D eigenvalue weighted by Gasteiger charge is -2.43. The first-order chi connectivity index (χ1) is 8.97. The van der Waals surface area contributed by atoms with Crippen LogP contribution in [0.25, 0.3) is 0 Å². The van der Waals surface area contributed by atoms with Gasteiger partial charge in [-0.2, -0.15) is 0 Å². The summed E-state index contributed by atoms with van der Waals surface area (Å²) in [5, 5.41) is 2.81. The topological polar surface area (TPSA) is 49.4 Å². The van der Waals surface area contributed by atoms with E-state index in [9.17, 15) is 9.59 Å². The number of carbonyl (C=O) groups is 2. The number of nitrogens with one attached hydrogen (secondary N) is 1. The SMILES string of the molecule is CCCN1C(=O)C(C)(C)NC(=O)C1c1ccccc1. The average Bonchev–Trinajstić information content (AvgIpc) is 2.36. The molecule has 19 heavy (non-hydrogen) atoms. The van der Waals surface area contributed by atoms with Crippen LogP contribution in [0, 0.1) is 0 Å². The van der Waals surface area contributed by atoms with E-state index < -0.39 is 11.6 Å². The summed E-state index contributed by atoms with van der Waals surface area (Å²) in [6.07, 6.45) is 0.832. The van der Waals surface area contributed by atoms with Crippen LogP contribution in [0.2, 0.25) is 0 Å². The Kier molecular flexibility index (Phi) is 3.60. The lowest BCUT2D eigenvalue weighted by atomic mass is 9.93. The first-order valence-corrected chi connectivity index (χ1v) is 6.65. The molecule has 1 fully saturated rings. The standard InChI is InChI=1S/C15H20N2O2/c1-4-10-17-12(11-8-6-5-7-9-11)13(18)16-15(2,3)14(17)19/h5-9,12H,4,10H2,1-3H3,(H,16,18). The largest absolute Gasteiger partial charge is 0.340 e. The predicted molar refractivity (Wildman–Crippen MR) is 73.4 cm³/mol. The average molecular weight is 260 g/mol. The molecule has 1 aliphatic heterocycles. The molecule has 0 saturated carbocycles. The molecule has 0 aliphatic carbocycles. The minimum absolute atomic E-state index is 0.0252. The Morgan fingerprint density at radius 2 is 1.84 bits per heavy atom. The van der Waals surface area contributed by atoms with Crippen LogP contribution < -0.4 is 5.32 Å². The maximum atomic E-state index is 12.5. The Morgan fingerprint density at radius 1 is 1.21 bits per heavy atom. The lowest BCUT2D eigenvalue weighted by Crippen LogP contribution is -2.64. The van der Waals surface area contributed by atoms with Gasteiger partial charge in [0, 0.05) is 6.54 Å². The van der Waals surface area contributed by atoms with Gasteiger partial charge in [-0.3, -0.25) is 9.59 Å². The van der Waals surface area contributed by atoms with Crippen LogP contribution in [0.15, 0.2) is 30.3 Å². The maximum Gasteiger partial charge on any atom is 0.248 e. The number of nitrogens with zero attached hydrogens (tertiary/aromatic N) is 1. The Balaban J connectivity index is 2.40. The lowest BCUT2D eigenvalue weighted by molar-refractivity contribution is -0.153. The predicted octanol–water partition coefficient (Wildman–Crippen LogP) is 1.87. The third-order valence-electron chi connectivity index (χ3n) is 3.37. The Hall–Kier alpha value is -1.84. The second kappa shape index (κ2) is 5.03. The van der Waals surface area contributed by atoms with Gasteiger partial charge in [0.15, 0.2) is 0 Å². The first kappa shape index (κ1) is 13.6. The third kappa shape index (κ3) is 2.48. The summed E-state index contributed by atoms with van der Waals surface area (Å²) in [6.45, 7) is 6.10. The fourth-order valence-electron chi connectivity index (χ4n) is 2.49.